The summed E-state index contributed by atoms with van der Waals surface area (Å²) >= 11 is 0. The van der Waals surface area contributed by atoms with Crippen LogP contribution in [0.15, 0.2) is 24.3 Å². The van der Waals surface area contributed by atoms with Crippen LogP contribution in [0.5, 0.6) is 0 Å². The minimum absolute atomic E-state index is 0.0885. The highest BCUT2D eigenvalue weighted by atomic mass is 16.2. The normalized spacial score (nSPS) is 17.0. The molecule has 6 nitrogen and oxygen atoms in total. The number of benzene rings is 1. The predicted molar refractivity (Wildman–Crippen MR) is 92.7 cm³/mol. The van der Waals surface area contributed by atoms with Gasteiger partial charge in [-0.1, -0.05) is 19.9 Å². The first kappa shape index (κ1) is 18.0. The first-order valence-corrected chi connectivity index (χ1v) is 8.35. The second-order valence-corrected chi connectivity index (χ2v) is 6.54. The van der Waals surface area contributed by atoms with Crippen molar-refractivity contribution >= 4 is 23.4 Å². The second-order valence-electron chi connectivity index (χ2n) is 6.54. The minimum atomic E-state index is -0.430. The Bertz CT molecular complexity index is 628. The van der Waals surface area contributed by atoms with E-state index in [1.165, 1.54) is 6.92 Å². The number of nitrogens with one attached hydrogen (secondary N) is 2. The van der Waals surface area contributed by atoms with E-state index in [0.29, 0.717) is 36.7 Å². The molecule has 0 aliphatic carbocycles. The van der Waals surface area contributed by atoms with E-state index in [1.54, 1.807) is 29.2 Å². The molecule has 0 spiro atoms. The fourth-order valence-corrected chi connectivity index (χ4v) is 2.78. The van der Waals surface area contributed by atoms with E-state index < -0.39 is 6.04 Å². The van der Waals surface area contributed by atoms with E-state index in [1.807, 2.05) is 13.8 Å². The fourth-order valence-electron chi connectivity index (χ4n) is 2.78. The maximum absolute atomic E-state index is 12.4. The number of hydrogen-bond acceptors (Lipinski definition) is 3. The average Bonchev–Trinajstić information content (AvgIpc) is 3.02. The van der Waals surface area contributed by atoms with Gasteiger partial charge in [-0.05, 0) is 37.0 Å². The van der Waals surface area contributed by atoms with Crippen LogP contribution in [0, 0.1) is 5.92 Å². The van der Waals surface area contributed by atoms with Gasteiger partial charge < -0.3 is 15.5 Å². The maximum Gasteiger partial charge on any atom is 0.251 e. The average molecular weight is 331 g/mol. The quantitative estimate of drug-likeness (QED) is 0.866. The van der Waals surface area contributed by atoms with Gasteiger partial charge in [0.2, 0.25) is 11.8 Å². The van der Waals surface area contributed by atoms with Crippen LogP contribution in [0.2, 0.25) is 0 Å². The van der Waals surface area contributed by atoms with Crippen LogP contribution < -0.4 is 10.6 Å². The van der Waals surface area contributed by atoms with Gasteiger partial charge >= 0.3 is 0 Å². The summed E-state index contributed by atoms with van der Waals surface area (Å²) in [6.07, 6.45) is 1.50. The Morgan fingerprint density at radius 1 is 1.29 bits per heavy atom. The Hall–Kier alpha value is -2.37. The zero-order valence-corrected chi connectivity index (χ0v) is 14.5. The van der Waals surface area contributed by atoms with Gasteiger partial charge in [-0.25, -0.2) is 0 Å². The van der Waals surface area contributed by atoms with Crippen molar-refractivity contribution in [3.8, 4) is 0 Å². The number of carbonyl (C=O) groups is 3. The summed E-state index contributed by atoms with van der Waals surface area (Å²) in [7, 11) is 0. The molecule has 0 radical (unpaired) electrons. The van der Waals surface area contributed by atoms with E-state index in [2.05, 4.69) is 10.6 Å². The van der Waals surface area contributed by atoms with Crippen molar-refractivity contribution in [1.82, 2.24) is 10.2 Å². The van der Waals surface area contributed by atoms with Crippen LogP contribution in [0.4, 0.5) is 5.69 Å². The molecular formula is C18H25N3O3. The lowest BCUT2D eigenvalue weighted by Crippen LogP contribution is -2.42. The summed E-state index contributed by atoms with van der Waals surface area (Å²) in [5.41, 5.74) is 1.07. The SMILES string of the molecule is CC(=O)N1CCC[C@H]1C(=O)Nc1cccc(C(=O)NCC(C)C)c1. The lowest BCUT2D eigenvalue weighted by atomic mass is 10.1. The van der Waals surface area contributed by atoms with E-state index in [4.69, 9.17) is 0 Å². The highest BCUT2D eigenvalue weighted by Gasteiger charge is 2.32. The molecule has 0 bridgehead atoms. The Morgan fingerprint density at radius 3 is 2.71 bits per heavy atom. The summed E-state index contributed by atoms with van der Waals surface area (Å²) in [6, 6.07) is 6.41. The number of amides is 3. The van der Waals surface area contributed by atoms with Gasteiger partial charge in [-0.2, -0.15) is 0 Å². The topological polar surface area (TPSA) is 78.5 Å². The Labute approximate surface area is 142 Å². The van der Waals surface area contributed by atoms with E-state index in [0.717, 1.165) is 6.42 Å². The van der Waals surface area contributed by atoms with E-state index >= 15 is 0 Å². The lowest BCUT2D eigenvalue weighted by molar-refractivity contribution is -0.134. The molecule has 1 aliphatic rings. The predicted octanol–water partition coefficient (Wildman–Crippen LogP) is 2.02. The molecule has 0 saturated carbocycles. The summed E-state index contributed by atoms with van der Waals surface area (Å²) in [4.78, 5) is 37.7. The number of nitrogens with zero attached hydrogens (tertiary/aromatic N) is 1. The lowest BCUT2D eigenvalue weighted by Gasteiger charge is -2.22. The molecular weight excluding hydrogens is 306 g/mol. The molecule has 2 N–H and O–H groups in total. The van der Waals surface area contributed by atoms with E-state index in [9.17, 15) is 14.4 Å². The molecule has 0 unspecified atom stereocenters. The van der Waals surface area contributed by atoms with Crippen molar-refractivity contribution in [1.29, 1.82) is 0 Å². The van der Waals surface area contributed by atoms with Crippen molar-refractivity contribution < 1.29 is 14.4 Å². The maximum atomic E-state index is 12.4. The summed E-state index contributed by atoms with van der Waals surface area (Å²) in [5, 5.41) is 5.67. The summed E-state index contributed by atoms with van der Waals surface area (Å²) in [5.74, 6) is -0.0836. The second kappa shape index (κ2) is 7.95. The van der Waals surface area contributed by atoms with Crippen molar-refractivity contribution in [2.24, 2.45) is 5.92 Å². The summed E-state index contributed by atoms with van der Waals surface area (Å²) < 4.78 is 0. The van der Waals surface area contributed by atoms with Gasteiger partial charge in [0.25, 0.3) is 5.91 Å². The first-order valence-electron chi connectivity index (χ1n) is 8.35. The van der Waals surface area contributed by atoms with Gasteiger partial charge in [0.1, 0.15) is 6.04 Å². The number of anilines is 1. The van der Waals surface area contributed by atoms with Gasteiger partial charge in [0.15, 0.2) is 0 Å². The molecule has 1 aromatic carbocycles. The third kappa shape index (κ3) is 4.57. The standard InChI is InChI=1S/C18H25N3O3/c1-12(2)11-19-17(23)14-6-4-7-15(10-14)20-18(24)16-8-5-9-21(16)13(3)22/h4,6-7,10,12,16H,5,8-9,11H2,1-3H3,(H,19,23)(H,20,24)/t16-/m0/s1. The Kier molecular flexibility index (Phi) is 5.95. The third-order valence-electron chi connectivity index (χ3n) is 4.02. The van der Waals surface area contributed by atoms with Gasteiger partial charge in [-0.15, -0.1) is 0 Å². The monoisotopic (exact) mass is 331 g/mol. The molecule has 2 rings (SSSR count). The van der Waals surface area contributed by atoms with Crippen LogP contribution in [0.1, 0.15) is 44.0 Å². The largest absolute Gasteiger partial charge is 0.352 e. The molecule has 6 heteroatoms. The van der Waals surface area contributed by atoms with E-state index in [-0.39, 0.29) is 17.7 Å². The Balaban J connectivity index is 2.02. The highest BCUT2D eigenvalue weighted by molar-refractivity contribution is 5.99. The van der Waals surface area contributed by atoms with Crippen molar-refractivity contribution in [2.75, 3.05) is 18.4 Å². The molecule has 1 heterocycles. The van der Waals surface area contributed by atoms with Gasteiger partial charge in [-0.3, -0.25) is 14.4 Å². The van der Waals surface area contributed by atoms with Crippen molar-refractivity contribution in [3.63, 3.8) is 0 Å². The molecule has 1 aliphatic heterocycles. The van der Waals surface area contributed by atoms with Crippen LogP contribution in [0.3, 0.4) is 0 Å². The van der Waals surface area contributed by atoms with Crippen LogP contribution in [0.25, 0.3) is 0 Å². The number of hydrogen-bond donors (Lipinski definition) is 2. The Morgan fingerprint density at radius 2 is 2.04 bits per heavy atom. The van der Waals surface area contributed by atoms with Crippen molar-refractivity contribution in [3.05, 3.63) is 29.8 Å². The minimum Gasteiger partial charge on any atom is -0.352 e. The number of carbonyl (C=O) groups excluding carboxylic acids is 3. The molecule has 1 fully saturated rings. The highest BCUT2D eigenvalue weighted by Crippen LogP contribution is 2.19. The van der Waals surface area contributed by atoms with Crippen molar-refractivity contribution in [2.45, 2.75) is 39.7 Å². The van der Waals surface area contributed by atoms with Crippen LogP contribution >= 0.6 is 0 Å². The molecule has 1 saturated heterocycles. The summed E-state index contributed by atoms with van der Waals surface area (Å²) in [6.45, 7) is 6.75. The van der Waals surface area contributed by atoms with Gasteiger partial charge in [0, 0.05) is 31.3 Å². The van der Waals surface area contributed by atoms with Crippen LogP contribution in [-0.4, -0.2) is 41.8 Å². The first-order chi connectivity index (χ1) is 11.4. The fraction of sp³-hybridized carbons (Fsp3) is 0.500. The number of rotatable bonds is 5. The molecule has 1 atom stereocenters. The molecule has 3 amide bonds. The zero-order chi connectivity index (χ0) is 17.7. The number of likely N-dealkylation sites (tertiary alicyclic amines) is 1. The molecule has 0 aromatic heterocycles. The van der Waals surface area contributed by atoms with Crippen LogP contribution in [-0.2, 0) is 9.59 Å². The van der Waals surface area contributed by atoms with Gasteiger partial charge in [0.05, 0.1) is 0 Å². The molecule has 24 heavy (non-hydrogen) atoms. The molecule has 1 aromatic rings. The zero-order valence-electron chi connectivity index (χ0n) is 14.5. The third-order valence-corrected chi connectivity index (χ3v) is 4.02. The molecule has 130 valence electrons. The smallest absolute Gasteiger partial charge is 0.251 e.